The van der Waals surface area contributed by atoms with Crippen LogP contribution in [0.15, 0.2) is 36.4 Å². The molecule has 1 N–H and O–H groups in total. The first kappa shape index (κ1) is 26.1. The molecule has 2 heterocycles. The molecule has 0 atom stereocenters. The summed E-state index contributed by atoms with van der Waals surface area (Å²) in [6.45, 7) is 12.2. The molecule has 2 aromatic rings. The van der Waals surface area contributed by atoms with Gasteiger partial charge < -0.3 is 19.7 Å². The van der Waals surface area contributed by atoms with Crippen LogP contribution in [0.2, 0.25) is 10.0 Å². The summed E-state index contributed by atoms with van der Waals surface area (Å²) in [5.41, 5.74) is 3.56. The van der Waals surface area contributed by atoms with Crippen molar-refractivity contribution in [3.05, 3.63) is 57.6 Å². The third-order valence-electron chi connectivity index (χ3n) is 7.37. The Bertz CT molecular complexity index is 972. The molecule has 3 fully saturated rings. The van der Waals surface area contributed by atoms with E-state index < -0.39 is 0 Å². The number of halogens is 2. The van der Waals surface area contributed by atoms with Crippen LogP contribution < -0.4 is 15.0 Å². The summed E-state index contributed by atoms with van der Waals surface area (Å²) in [6, 6.07) is 12.7. The van der Waals surface area contributed by atoms with Crippen molar-refractivity contribution in [1.29, 1.82) is 0 Å². The highest BCUT2D eigenvalue weighted by molar-refractivity contribution is 6.35. The van der Waals surface area contributed by atoms with Crippen LogP contribution in [-0.2, 0) is 17.8 Å². The molecule has 2 aliphatic heterocycles. The molecular formula is C28H38Cl2N4O2. The van der Waals surface area contributed by atoms with Crippen LogP contribution in [0.1, 0.15) is 24.0 Å². The average Bonchev–Trinajstić information content (AvgIpc) is 3.71. The zero-order valence-corrected chi connectivity index (χ0v) is 22.6. The summed E-state index contributed by atoms with van der Waals surface area (Å²) >= 11 is 12.8. The van der Waals surface area contributed by atoms with Crippen molar-refractivity contribution in [2.75, 3.05) is 77.1 Å². The summed E-state index contributed by atoms with van der Waals surface area (Å²) in [5, 5.41) is 4.72. The van der Waals surface area contributed by atoms with E-state index in [9.17, 15) is 0 Å². The summed E-state index contributed by atoms with van der Waals surface area (Å²) in [6.07, 6.45) is 2.87. The quantitative estimate of drug-likeness (QED) is 0.458. The molecule has 0 spiro atoms. The topological polar surface area (TPSA) is 40.2 Å². The highest BCUT2D eigenvalue weighted by atomic mass is 35.5. The van der Waals surface area contributed by atoms with Gasteiger partial charge in [-0.15, -0.1) is 0 Å². The number of rotatable bonds is 11. The molecule has 5 rings (SSSR count). The molecule has 8 heteroatoms. The van der Waals surface area contributed by atoms with E-state index in [1.165, 1.54) is 43.7 Å². The standard InChI is InChI=1S/C28H38Cl2N4O2/c29-25-17-24(28(27(30)18-25)36-16-13-32-11-14-35-15-12-32)20-31-19-22-3-5-26(6-4-22)34-9-7-33(8-10-34)21-23-1-2-23/h3-6,17-18,23,31H,1-2,7-16,19-21H2. The van der Waals surface area contributed by atoms with Crippen molar-refractivity contribution in [2.24, 2.45) is 5.92 Å². The summed E-state index contributed by atoms with van der Waals surface area (Å²) in [5.74, 6) is 1.70. The first-order valence-electron chi connectivity index (χ1n) is 13.3. The Kier molecular flexibility index (Phi) is 9.28. The number of nitrogens with one attached hydrogen (secondary N) is 1. The maximum absolute atomic E-state index is 6.50. The zero-order valence-electron chi connectivity index (χ0n) is 21.1. The predicted molar refractivity (Wildman–Crippen MR) is 148 cm³/mol. The Morgan fingerprint density at radius 1 is 0.889 bits per heavy atom. The minimum Gasteiger partial charge on any atom is -0.490 e. The molecule has 196 valence electrons. The Labute approximate surface area is 225 Å². The van der Waals surface area contributed by atoms with Crippen LogP contribution in [0.4, 0.5) is 5.69 Å². The first-order chi connectivity index (χ1) is 17.6. The summed E-state index contributed by atoms with van der Waals surface area (Å²) in [4.78, 5) is 7.49. The number of piperazine rings is 1. The lowest BCUT2D eigenvalue weighted by atomic mass is 10.1. The Morgan fingerprint density at radius 3 is 2.36 bits per heavy atom. The molecule has 0 unspecified atom stereocenters. The largest absolute Gasteiger partial charge is 0.490 e. The molecule has 0 aromatic heterocycles. The van der Waals surface area contributed by atoms with Crippen molar-refractivity contribution in [3.8, 4) is 5.75 Å². The van der Waals surface area contributed by atoms with Gasteiger partial charge in [0, 0.05) is 81.7 Å². The normalized spacial score (nSPS) is 19.6. The minimum absolute atomic E-state index is 0.558. The fraction of sp³-hybridized carbons (Fsp3) is 0.571. The second kappa shape index (κ2) is 12.8. The molecule has 6 nitrogen and oxygen atoms in total. The van der Waals surface area contributed by atoms with Crippen molar-refractivity contribution in [1.82, 2.24) is 15.1 Å². The SMILES string of the molecule is Clc1cc(Cl)c(OCCN2CCOCC2)c(CNCc2ccc(N3CCN(CC4CC4)CC3)cc2)c1. The van der Waals surface area contributed by atoms with Gasteiger partial charge in [0.1, 0.15) is 12.4 Å². The van der Waals surface area contributed by atoms with E-state index in [1.807, 2.05) is 6.07 Å². The van der Waals surface area contributed by atoms with Gasteiger partial charge in [-0.25, -0.2) is 0 Å². The Hall–Kier alpha value is -1.54. The van der Waals surface area contributed by atoms with E-state index in [-0.39, 0.29) is 0 Å². The molecule has 0 radical (unpaired) electrons. The van der Waals surface area contributed by atoms with Gasteiger partial charge in [-0.3, -0.25) is 9.80 Å². The van der Waals surface area contributed by atoms with Crippen molar-refractivity contribution < 1.29 is 9.47 Å². The number of ether oxygens (including phenoxy) is 2. The second-order valence-electron chi connectivity index (χ2n) is 10.2. The summed E-state index contributed by atoms with van der Waals surface area (Å²) < 4.78 is 11.5. The van der Waals surface area contributed by atoms with Gasteiger partial charge in [0.15, 0.2) is 0 Å². The maximum atomic E-state index is 6.50. The number of morpholine rings is 1. The van der Waals surface area contributed by atoms with Crippen LogP contribution >= 0.6 is 23.2 Å². The lowest BCUT2D eigenvalue weighted by Gasteiger charge is -2.36. The third kappa shape index (κ3) is 7.50. The van der Waals surface area contributed by atoms with E-state index in [0.29, 0.717) is 23.2 Å². The van der Waals surface area contributed by atoms with Crippen LogP contribution in [0.3, 0.4) is 0 Å². The van der Waals surface area contributed by atoms with Gasteiger partial charge in [0.25, 0.3) is 0 Å². The smallest absolute Gasteiger partial charge is 0.142 e. The van der Waals surface area contributed by atoms with E-state index >= 15 is 0 Å². The molecule has 2 aromatic carbocycles. The molecule has 3 aliphatic rings. The molecule has 1 aliphatic carbocycles. The van der Waals surface area contributed by atoms with Gasteiger partial charge in [-0.1, -0.05) is 35.3 Å². The predicted octanol–water partition coefficient (Wildman–Crippen LogP) is 4.53. The van der Waals surface area contributed by atoms with Crippen molar-refractivity contribution in [3.63, 3.8) is 0 Å². The number of benzene rings is 2. The molecule has 0 bridgehead atoms. The molecular weight excluding hydrogens is 495 g/mol. The van der Waals surface area contributed by atoms with E-state index in [0.717, 1.165) is 69.7 Å². The Morgan fingerprint density at radius 2 is 1.64 bits per heavy atom. The number of hydrogen-bond donors (Lipinski definition) is 1. The highest BCUT2D eigenvalue weighted by Gasteiger charge is 2.26. The highest BCUT2D eigenvalue weighted by Crippen LogP contribution is 2.33. The van der Waals surface area contributed by atoms with Crippen LogP contribution in [-0.4, -0.2) is 82.0 Å². The van der Waals surface area contributed by atoms with Crippen LogP contribution in [0.25, 0.3) is 0 Å². The fourth-order valence-corrected chi connectivity index (χ4v) is 5.62. The molecule has 0 amide bonds. The van der Waals surface area contributed by atoms with Crippen LogP contribution in [0.5, 0.6) is 5.75 Å². The Balaban J connectivity index is 1.09. The van der Waals surface area contributed by atoms with Gasteiger partial charge in [-0.2, -0.15) is 0 Å². The molecule has 2 saturated heterocycles. The lowest BCUT2D eigenvalue weighted by Crippen LogP contribution is -2.47. The number of anilines is 1. The van der Waals surface area contributed by atoms with Gasteiger partial charge in [0.2, 0.25) is 0 Å². The van der Waals surface area contributed by atoms with E-state index in [4.69, 9.17) is 32.7 Å². The molecule has 1 saturated carbocycles. The fourth-order valence-electron chi connectivity index (χ4n) is 5.03. The minimum atomic E-state index is 0.558. The van der Waals surface area contributed by atoms with Crippen molar-refractivity contribution >= 4 is 28.9 Å². The van der Waals surface area contributed by atoms with E-state index in [1.54, 1.807) is 6.07 Å². The second-order valence-corrected chi connectivity index (χ2v) is 11.0. The van der Waals surface area contributed by atoms with Gasteiger partial charge in [-0.05, 0) is 48.6 Å². The van der Waals surface area contributed by atoms with E-state index in [2.05, 4.69) is 44.3 Å². The summed E-state index contributed by atoms with van der Waals surface area (Å²) in [7, 11) is 0. The number of hydrogen-bond acceptors (Lipinski definition) is 6. The maximum Gasteiger partial charge on any atom is 0.142 e. The average molecular weight is 534 g/mol. The zero-order chi connectivity index (χ0) is 24.7. The van der Waals surface area contributed by atoms with Gasteiger partial charge in [0.05, 0.1) is 18.2 Å². The monoisotopic (exact) mass is 532 g/mol. The number of nitrogens with zero attached hydrogens (tertiary/aromatic N) is 3. The lowest BCUT2D eigenvalue weighted by molar-refractivity contribution is 0.0322. The van der Waals surface area contributed by atoms with Crippen molar-refractivity contribution in [2.45, 2.75) is 25.9 Å². The molecule has 36 heavy (non-hydrogen) atoms. The van der Waals surface area contributed by atoms with Gasteiger partial charge >= 0.3 is 0 Å². The van der Waals surface area contributed by atoms with Crippen LogP contribution in [0, 0.1) is 5.92 Å². The third-order valence-corrected chi connectivity index (χ3v) is 7.87. The first-order valence-corrected chi connectivity index (χ1v) is 14.1.